The van der Waals surface area contributed by atoms with E-state index in [0.29, 0.717) is 17.2 Å². The number of benzene rings is 1. The molecular formula is C17H27NO4. The first kappa shape index (κ1) is 16.9. The fourth-order valence-corrected chi connectivity index (χ4v) is 3.34. The van der Waals surface area contributed by atoms with Crippen molar-refractivity contribution in [2.75, 3.05) is 21.3 Å². The van der Waals surface area contributed by atoms with Crippen LogP contribution in [-0.4, -0.2) is 32.5 Å². The molecule has 0 radical (unpaired) electrons. The normalized spacial score (nSPS) is 18.6. The Morgan fingerprint density at radius 3 is 2.18 bits per heavy atom. The van der Waals surface area contributed by atoms with Crippen LogP contribution in [0.25, 0.3) is 0 Å². The Hall–Kier alpha value is -1.46. The second kappa shape index (κ2) is 7.70. The van der Waals surface area contributed by atoms with Gasteiger partial charge in [0.15, 0.2) is 11.5 Å². The molecule has 3 N–H and O–H groups in total. The minimum Gasteiger partial charge on any atom is -0.493 e. The van der Waals surface area contributed by atoms with Crippen molar-refractivity contribution in [1.29, 1.82) is 0 Å². The molecule has 2 atom stereocenters. The number of nitrogens with two attached hydrogens (primary N) is 1. The standard InChI is InChI=1S/C17H27NO4/c1-20-13-10-9-12(16(21-2)17(13)22-3)14(18)15(19)11-7-5-4-6-8-11/h9-11,14-15,19H,4-8,18H2,1-3H3/t14-,15+/m0/s1. The van der Waals surface area contributed by atoms with Gasteiger partial charge in [0.1, 0.15) is 0 Å². The highest BCUT2D eigenvalue weighted by Gasteiger charge is 2.30. The van der Waals surface area contributed by atoms with E-state index in [1.807, 2.05) is 6.07 Å². The number of rotatable bonds is 6. The maximum Gasteiger partial charge on any atom is 0.203 e. The monoisotopic (exact) mass is 309 g/mol. The largest absolute Gasteiger partial charge is 0.493 e. The molecule has 0 aliphatic heterocycles. The van der Waals surface area contributed by atoms with Crippen molar-refractivity contribution in [3.63, 3.8) is 0 Å². The third-order valence-electron chi connectivity index (χ3n) is 4.59. The van der Waals surface area contributed by atoms with Crippen LogP contribution < -0.4 is 19.9 Å². The number of hydrogen-bond acceptors (Lipinski definition) is 5. The van der Waals surface area contributed by atoms with E-state index in [9.17, 15) is 5.11 Å². The van der Waals surface area contributed by atoms with Crippen LogP contribution >= 0.6 is 0 Å². The maximum atomic E-state index is 10.7. The van der Waals surface area contributed by atoms with E-state index in [0.717, 1.165) is 31.2 Å². The van der Waals surface area contributed by atoms with Gasteiger partial charge in [-0.05, 0) is 30.9 Å². The van der Waals surface area contributed by atoms with Crippen LogP contribution in [0.1, 0.15) is 43.7 Å². The zero-order valence-electron chi connectivity index (χ0n) is 13.7. The van der Waals surface area contributed by atoms with Gasteiger partial charge in [0.05, 0.1) is 33.5 Å². The van der Waals surface area contributed by atoms with Crippen LogP contribution in [0.4, 0.5) is 0 Å². The van der Waals surface area contributed by atoms with Gasteiger partial charge in [0, 0.05) is 5.56 Å². The van der Waals surface area contributed by atoms with E-state index in [4.69, 9.17) is 19.9 Å². The van der Waals surface area contributed by atoms with Gasteiger partial charge < -0.3 is 25.1 Å². The van der Waals surface area contributed by atoms with Gasteiger partial charge in [0.25, 0.3) is 0 Å². The molecule has 5 heteroatoms. The van der Waals surface area contributed by atoms with Crippen molar-refractivity contribution in [3.8, 4) is 17.2 Å². The molecule has 1 saturated carbocycles. The van der Waals surface area contributed by atoms with Gasteiger partial charge in [-0.2, -0.15) is 0 Å². The van der Waals surface area contributed by atoms with Gasteiger partial charge in [-0.3, -0.25) is 0 Å². The number of methoxy groups -OCH3 is 3. The molecule has 5 nitrogen and oxygen atoms in total. The Morgan fingerprint density at radius 2 is 1.64 bits per heavy atom. The van der Waals surface area contributed by atoms with Crippen LogP contribution in [0, 0.1) is 5.92 Å². The van der Waals surface area contributed by atoms with E-state index in [2.05, 4.69) is 0 Å². The quantitative estimate of drug-likeness (QED) is 0.845. The molecule has 1 aromatic carbocycles. The van der Waals surface area contributed by atoms with Crippen LogP contribution in [0.2, 0.25) is 0 Å². The second-order valence-corrected chi connectivity index (χ2v) is 5.84. The van der Waals surface area contributed by atoms with Crippen molar-refractivity contribution in [3.05, 3.63) is 17.7 Å². The van der Waals surface area contributed by atoms with Crippen molar-refractivity contribution in [1.82, 2.24) is 0 Å². The average Bonchev–Trinajstić information content (AvgIpc) is 2.59. The first-order valence-electron chi connectivity index (χ1n) is 7.86. The van der Waals surface area contributed by atoms with Crippen molar-refractivity contribution in [2.45, 2.75) is 44.2 Å². The fourth-order valence-electron chi connectivity index (χ4n) is 3.34. The smallest absolute Gasteiger partial charge is 0.203 e. The molecule has 2 rings (SSSR count). The Morgan fingerprint density at radius 1 is 1.00 bits per heavy atom. The molecule has 0 saturated heterocycles. The highest BCUT2D eigenvalue weighted by molar-refractivity contribution is 5.56. The molecule has 1 fully saturated rings. The van der Waals surface area contributed by atoms with Gasteiger partial charge in [-0.1, -0.05) is 19.3 Å². The van der Waals surface area contributed by atoms with Gasteiger partial charge in [-0.15, -0.1) is 0 Å². The molecular weight excluding hydrogens is 282 g/mol. The number of aliphatic hydroxyl groups is 1. The predicted octanol–water partition coefficient (Wildman–Crippen LogP) is 2.65. The van der Waals surface area contributed by atoms with Gasteiger partial charge >= 0.3 is 0 Å². The van der Waals surface area contributed by atoms with Gasteiger partial charge in [-0.25, -0.2) is 0 Å². The minimum atomic E-state index is -0.577. The van der Waals surface area contributed by atoms with Crippen LogP contribution in [-0.2, 0) is 0 Å². The van der Waals surface area contributed by atoms with Crippen LogP contribution in [0.5, 0.6) is 17.2 Å². The Kier molecular flexibility index (Phi) is 5.91. The first-order valence-corrected chi connectivity index (χ1v) is 7.86. The van der Waals surface area contributed by atoms with E-state index < -0.39 is 12.1 Å². The van der Waals surface area contributed by atoms with Crippen LogP contribution in [0.15, 0.2) is 12.1 Å². The minimum absolute atomic E-state index is 0.251. The molecule has 1 aromatic rings. The predicted molar refractivity (Wildman–Crippen MR) is 85.6 cm³/mol. The van der Waals surface area contributed by atoms with Crippen molar-refractivity contribution in [2.24, 2.45) is 11.7 Å². The summed E-state index contributed by atoms with van der Waals surface area (Å²) in [5, 5.41) is 10.7. The molecule has 0 unspecified atom stereocenters. The molecule has 0 amide bonds. The summed E-state index contributed by atoms with van der Waals surface area (Å²) in [6.45, 7) is 0. The second-order valence-electron chi connectivity index (χ2n) is 5.84. The average molecular weight is 309 g/mol. The summed E-state index contributed by atoms with van der Waals surface area (Å²) in [4.78, 5) is 0. The lowest BCUT2D eigenvalue weighted by Gasteiger charge is -2.31. The summed E-state index contributed by atoms with van der Waals surface area (Å²) < 4.78 is 16.1. The number of ether oxygens (including phenoxy) is 3. The summed E-state index contributed by atoms with van der Waals surface area (Å²) in [7, 11) is 4.71. The van der Waals surface area contributed by atoms with Crippen molar-refractivity contribution >= 4 is 0 Å². The summed E-state index contributed by atoms with van der Waals surface area (Å²) in [5.41, 5.74) is 7.08. The Labute approximate surface area is 132 Å². The molecule has 124 valence electrons. The molecule has 1 aliphatic carbocycles. The van der Waals surface area contributed by atoms with Crippen molar-refractivity contribution < 1.29 is 19.3 Å². The van der Waals surface area contributed by atoms with E-state index >= 15 is 0 Å². The number of aliphatic hydroxyl groups excluding tert-OH is 1. The molecule has 0 bridgehead atoms. The molecule has 1 aliphatic rings. The van der Waals surface area contributed by atoms with E-state index in [-0.39, 0.29) is 5.92 Å². The van der Waals surface area contributed by atoms with Gasteiger partial charge in [0.2, 0.25) is 5.75 Å². The maximum absolute atomic E-state index is 10.7. The third kappa shape index (κ3) is 3.31. The Bertz CT molecular complexity index is 486. The molecule has 0 heterocycles. The van der Waals surface area contributed by atoms with E-state index in [1.165, 1.54) is 6.42 Å². The highest BCUT2D eigenvalue weighted by atomic mass is 16.5. The third-order valence-corrected chi connectivity index (χ3v) is 4.59. The fraction of sp³-hybridized carbons (Fsp3) is 0.647. The summed E-state index contributed by atoms with van der Waals surface area (Å²) in [6.07, 6.45) is 5.06. The highest BCUT2D eigenvalue weighted by Crippen LogP contribution is 2.43. The first-order chi connectivity index (χ1) is 10.6. The zero-order valence-corrected chi connectivity index (χ0v) is 13.7. The molecule has 0 spiro atoms. The topological polar surface area (TPSA) is 73.9 Å². The lowest BCUT2D eigenvalue weighted by Crippen LogP contribution is -2.34. The van der Waals surface area contributed by atoms with E-state index in [1.54, 1.807) is 27.4 Å². The summed E-state index contributed by atoms with van der Waals surface area (Å²) in [5.74, 6) is 1.88. The number of hydrogen-bond donors (Lipinski definition) is 2. The zero-order chi connectivity index (χ0) is 16.1. The molecule has 0 aromatic heterocycles. The lowest BCUT2D eigenvalue weighted by atomic mass is 9.81. The van der Waals surface area contributed by atoms with Crippen LogP contribution in [0.3, 0.4) is 0 Å². The summed E-state index contributed by atoms with van der Waals surface area (Å²) in [6, 6.07) is 3.14. The lowest BCUT2D eigenvalue weighted by molar-refractivity contribution is 0.0609. The SMILES string of the molecule is COc1ccc([C@H](N)[C@H](O)C2CCCCC2)c(OC)c1OC. The summed E-state index contributed by atoms with van der Waals surface area (Å²) >= 11 is 0. The Balaban J connectivity index is 2.29. The molecule has 22 heavy (non-hydrogen) atoms.